The first-order valence-corrected chi connectivity index (χ1v) is 12.6. The average Bonchev–Trinajstić information content (AvgIpc) is 3.24. The number of hydrogen-bond donors (Lipinski definition) is 2. The van der Waals surface area contributed by atoms with E-state index in [4.69, 9.17) is 0 Å². The predicted molar refractivity (Wildman–Crippen MR) is 139 cm³/mol. The Morgan fingerprint density at radius 2 is 1.81 bits per heavy atom. The fourth-order valence-electron chi connectivity index (χ4n) is 3.61. The van der Waals surface area contributed by atoms with Crippen LogP contribution in [0, 0.1) is 29.9 Å². The molecule has 36 heavy (non-hydrogen) atoms. The summed E-state index contributed by atoms with van der Waals surface area (Å²) in [6, 6.07) is 11.3. The van der Waals surface area contributed by atoms with Crippen molar-refractivity contribution in [1.29, 1.82) is 0 Å². The molecule has 3 aromatic rings. The number of nitrogens with zero attached hydrogens (tertiary/aromatic N) is 4. The summed E-state index contributed by atoms with van der Waals surface area (Å²) in [6.07, 6.45) is 0. The van der Waals surface area contributed by atoms with Crippen molar-refractivity contribution in [1.82, 2.24) is 20.1 Å². The van der Waals surface area contributed by atoms with Gasteiger partial charge in [-0.25, -0.2) is 0 Å². The first kappa shape index (κ1) is 26.9. The van der Waals surface area contributed by atoms with E-state index in [1.807, 2.05) is 44.4 Å². The van der Waals surface area contributed by atoms with E-state index in [2.05, 4.69) is 20.8 Å². The second-order valence-corrected chi connectivity index (χ2v) is 9.68. The highest BCUT2D eigenvalue weighted by Gasteiger charge is 2.26. The number of carbonyl (C=O) groups is 2. The van der Waals surface area contributed by atoms with Crippen molar-refractivity contribution < 1.29 is 14.5 Å². The molecule has 1 atom stereocenters. The normalized spacial score (nSPS) is 11.8. The number of benzene rings is 2. The highest BCUT2D eigenvalue weighted by molar-refractivity contribution is 7.99. The van der Waals surface area contributed by atoms with Gasteiger partial charge in [-0.3, -0.25) is 19.7 Å². The summed E-state index contributed by atoms with van der Waals surface area (Å²) in [7, 11) is 0. The van der Waals surface area contributed by atoms with Crippen LogP contribution in [0.15, 0.2) is 47.6 Å². The van der Waals surface area contributed by atoms with Crippen molar-refractivity contribution in [2.24, 2.45) is 5.92 Å². The number of nitro groups is 1. The lowest BCUT2D eigenvalue weighted by Crippen LogP contribution is -2.33. The van der Waals surface area contributed by atoms with Crippen molar-refractivity contribution in [3.63, 3.8) is 0 Å². The van der Waals surface area contributed by atoms with Gasteiger partial charge < -0.3 is 15.2 Å². The number of amides is 2. The van der Waals surface area contributed by atoms with Gasteiger partial charge in [0.15, 0.2) is 11.0 Å². The monoisotopic (exact) mass is 510 g/mol. The second-order valence-electron chi connectivity index (χ2n) is 8.74. The molecule has 0 aliphatic rings. The van der Waals surface area contributed by atoms with Crippen LogP contribution in [-0.2, 0) is 11.3 Å². The minimum Gasteiger partial charge on any atom is -0.342 e. The van der Waals surface area contributed by atoms with Gasteiger partial charge in [0.05, 0.1) is 16.7 Å². The first-order chi connectivity index (χ1) is 17.1. The largest absolute Gasteiger partial charge is 0.342 e. The van der Waals surface area contributed by atoms with Crippen LogP contribution in [-0.4, -0.2) is 37.3 Å². The Bertz CT molecular complexity index is 1260. The number of nitrogens with one attached hydrogen (secondary N) is 2. The molecule has 0 saturated carbocycles. The van der Waals surface area contributed by atoms with Gasteiger partial charge in [0.25, 0.3) is 11.6 Å². The Labute approximate surface area is 214 Å². The molecule has 0 bridgehead atoms. The van der Waals surface area contributed by atoms with Crippen molar-refractivity contribution >= 4 is 35.0 Å². The third-order valence-electron chi connectivity index (χ3n) is 5.63. The Balaban J connectivity index is 1.70. The molecule has 2 amide bonds. The van der Waals surface area contributed by atoms with Crippen molar-refractivity contribution in [2.45, 2.75) is 52.4 Å². The fraction of sp³-hybridized carbons (Fsp3) is 0.360. The summed E-state index contributed by atoms with van der Waals surface area (Å²) in [4.78, 5) is 35.9. The summed E-state index contributed by atoms with van der Waals surface area (Å²) in [5, 5.41) is 26.0. The van der Waals surface area contributed by atoms with E-state index in [0.29, 0.717) is 34.3 Å². The molecule has 10 nitrogen and oxygen atoms in total. The molecule has 3 rings (SSSR count). The van der Waals surface area contributed by atoms with Gasteiger partial charge in [-0.15, -0.1) is 10.2 Å². The number of nitro benzene ring substituents is 1. The summed E-state index contributed by atoms with van der Waals surface area (Å²) in [6.45, 7) is 10.2. The number of carbonyl (C=O) groups excluding carboxylic acids is 2. The quantitative estimate of drug-likeness (QED) is 0.230. The molecule has 2 aromatic carbocycles. The zero-order valence-corrected chi connectivity index (χ0v) is 21.8. The third-order valence-corrected chi connectivity index (χ3v) is 6.60. The molecule has 0 radical (unpaired) electrons. The smallest absolute Gasteiger partial charge is 0.269 e. The van der Waals surface area contributed by atoms with Crippen LogP contribution in [0.3, 0.4) is 0 Å². The maximum absolute atomic E-state index is 12.9. The molecule has 2 N–H and O–H groups in total. The number of thioether (sulfide) groups is 1. The molecule has 190 valence electrons. The van der Waals surface area contributed by atoms with Crippen LogP contribution in [0.5, 0.6) is 0 Å². The predicted octanol–water partition coefficient (Wildman–Crippen LogP) is 4.68. The van der Waals surface area contributed by atoms with E-state index in [9.17, 15) is 19.7 Å². The van der Waals surface area contributed by atoms with E-state index >= 15 is 0 Å². The van der Waals surface area contributed by atoms with E-state index in [1.165, 1.54) is 30.0 Å². The van der Waals surface area contributed by atoms with Crippen molar-refractivity contribution in [2.75, 3.05) is 11.1 Å². The zero-order valence-electron chi connectivity index (χ0n) is 20.9. The number of non-ortho nitro benzene ring substituents is 1. The summed E-state index contributed by atoms with van der Waals surface area (Å²) in [5.41, 5.74) is 2.74. The van der Waals surface area contributed by atoms with Gasteiger partial charge >= 0.3 is 0 Å². The Morgan fingerprint density at radius 1 is 1.11 bits per heavy atom. The molecule has 1 heterocycles. The van der Waals surface area contributed by atoms with Crippen LogP contribution < -0.4 is 10.6 Å². The molecule has 0 fully saturated rings. The summed E-state index contributed by atoms with van der Waals surface area (Å²) < 4.78 is 1.90. The molecule has 0 spiro atoms. The number of aryl methyl sites for hydroxylation is 2. The number of hydrogen-bond acceptors (Lipinski definition) is 7. The lowest BCUT2D eigenvalue weighted by atomic mass is 10.0. The van der Waals surface area contributed by atoms with Crippen LogP contribution >= 0.6 is 11.8 Å². The van der Waals surface area contributed by atoms with Crippen LogP contribution in [0.2, 0.25) is 0 Å². The molecule has 0 aliphatic heterocycles. The second kappa shape index (κ2) is 11.8. The van der Waals surface area contributed by atoms with E-state index in [1.54, 1.807) is 19.1 Å². The van der Waals surface area contributed by atoms with Crippen molar-refractivity contribution in [3.8, 4) is 0 Å². The highest BCUT2D eigenvalue weighted by Crippen LogP contribution is 2.26. The molecule has 1 unspecified atom stereocenters. The van der Waals surface area contributed by atoms with E-state index in [0.717, 1.165) is 5.56 Å². The molecule has 0 saturated heterocycles. The average molecular weight is 511 g/mol. The Kier molecular flexibility index (Phi) is 8.81. The third kappa shape index (κ3) is 6.48. The number of aromatic nitrogens is 3. The van der Waals surface area contributed by atoms with E-state index in [-0.39, 0.29) is 35.2 Å². The summed E-state index contributed by atoms with van der Waals surface area (Å²) in [5.74, 6) is 0.308. The Morgan fingerprint density at radius 3 is 2.39 bits per heavy atom. The Hall–Kier alpha value is -3.73. The molecular weight excluding hydrogens is 480 g/mol. The lowest BCUT2D eigenvalue weighted by Gasteiger charge is -2.22. The molecule has 0 aliphatic carbocycles. The van der Waals surface area contributed by atoms with Crippen LogP contribution in [0.1, 0.15) is 54.1 Å². The molecular formula is C25H30N6O4S. The highest BCUT2D eigenvalue weighted by atomic mass is 32.2. The first-order valence-electron chi connectivity index (χ1n) is 11.6. The minimum absolute atomic E-state index is 0.0300. The SMILES string of the molecule is CCn1c(SCC(=O)Nc2ccc([N+](=O)[O-])cc2C)nnc1C(NC(=O)c1ccc(C)cc1)C(C)C. The summed E-state index contributed by atoms with van der Waals surface area (Å²) >= 11 is 1.24. The molecule has 11 heteroatoms. The molecule has 1 aromatic heterocycles. The minimum atomic E-state index is -0.475. The number of anilines is 1. The maximum atomic E-state index is 12.9. The van der Waals surface area contributed by atoms with Gasteiger partial charge in [0.1, 0.15) is 0 Å². The standard InChI is InChI=1S/C25H30N6O4S/c1-6-30-23(22(15(2)3)27-24(33)18-9-7-16(4)8-10-18)28-29-25(30)36-14-21(32)26-20-12-11-19(31(34)35)13-17(20)5/h7-13,15,22H,6,14H2,1-5H3,(H,26,32)(H,27,33). The van der Waals surface area contributed by atoms with Crippen LogP contribution in [0.4, 0.5) is 11.4 Å². The van der Waals surface area contributed by atoms with Gasteiger partial charge in [-0.1, -0.05) is 43.3 Å². The van der Waals surface area contributed by atoms with E-state index < -0.39 is 4.92 Å². The number of rotatable bonds is 10. The van der Waals surface area contributed by atoms with Gasteiger partial charge in [0.2, 0.25) is 5.91 Å². The fourth-order valence-corrected chi connectivity index (χ4v) is 4.42. The topological polar surface area (TPSA) is 132 Å². The van der Waals surface area contributed by atoms with Crippen LogP contribution in [0.25, 0.3) is 0 Å². The van der Waals surface area contributed by atoms with Gasteiger partial charge in [0, 0.05) is 29.9 Å². The maximum Gasteiger partial charge on any atom is 0.269 e. The van der Waals surface area contributed by atoms with Crippen molar-refractivity contribution in [3.05, 3.63) is 75.1 Å². The zero-order chi connectivity index (χ0) is 26.4. The lowest BCUT2D eigenvalue weighted by molar-refractivity contribution is -0.384. The van der Waals surface area contributed by atoms with Gasteiger partial charge in [-0.05, 0) is 50.5 Å². The van der Waals surface area contributed by atoms with Gasteiger partial charge in [-0.2, -0.15) is 0 Å².